The zero-order valence-corrected chi connectivity index (χ0v) is 11.6. The molecule has 5 heteroatoms. The number of hydrazine groups is 1. The van der Waals surface area contributed by atoms with Gasteiger partial charge >= 0.3 is 0 Å². The number of aryl methyl sites for hydroxylation is 2. The fraction of sp³-hybridized carbons (Fsp3) is 0.462. The molecule has 1 aromatic rings. The average Bonchev–Trinajstić information content (AvgIpc) is 2.26. The quantitative estimate of drug-likeness (QED) is 0.780. The first-order chi connectivity index (χ1) is 8.36. The molecule has 100 valence electrons. The molecule has 1 atom stereocenters. The molecule has 1 aromatic carbocycles. The Balaban J connectivity index is 3.12. The highest BCUT2D eigenvalue weighted by molar-refractivity contribution is 5.83. The standard InChI is InChI=1S/C13H21N3O2/c1-8-6-9(2)11(10(7-8)18-5)12(14)13(17)15-16(3)4/h6-7,12H,14H2,1-5H3,(H,15,17). The van der Waals surface area contributed by atoms with Crippen molar-refractivity contribution in [2.75, 3.05) is 21.2 Å². The Morgan fingerprint density at radius 2 is 2.00 bits per heavy atom. The fourth-order valence-corrected chi connectivity index (χ4v) is 1.93. The number of nitrogens with zero attached hydrogens (tertiary/aromatic N) is 1. The summed E-state index contributed by atoms with van der Waals surface area (Å²) in [6.07, 6.45) is 0. The van der Waals surface area contributed by atoms with Gasteiger partial charge in [-0.25, -0.2) is 5.01 Å². The van der Waals surface area contributed by atoms with E-state index >= 15 is 0 Å². The number of carbonyl (C=O) groups is 1. The molecule has 0 spiro atoms. The molecular weight excluding hydrogens is 230 g/mol. The summed E-state index contributed by atoms with van der Waals surface area (Å²) in [6, 6.07) is 3.12. The molecule has 0 radical (unpaired) electrons. The van der Waals surface area contributed by atoms with Gasteiger partial charge in [-0.2, -0.15) is 0 Å². The number of rotatable bonds is 4. The normalized spacial score (nSPS) is 12.4. The SMILES string of the molecule is COc1cc(C)cc(C)c1C(N)C(=O)NN(C)C. The van der Waals surface area contributed by atoms with Gasteiger partial charge in [0.25, 0.3) is 5.91 Å². The number of hydrogen-bond donors (Lipinski definition) is 2. The van der Waals surface area contributed by atoms with E-state index in [0.29, 0.717) is 5.75 Å². The highest BCUT2D eigenvalue weighted by Gasteiger charge is 2.22. The van der Waals surface area contributed by atoms with Crippen LogP contribution >= 0.6 is 0 Å². The molecule has 5 nitrogen and oxygen atoms in total. The zero-order valence-electron chi connectivity index (χ0n) is 11.6. The van der Waals surface area contributed by atoms with Crippen LogP contribution in [0.25, 0.3) is 0 Å². The summed E-state index contributed by atoms with van der Waals surface area (Å²) in [6.45, 7) is 3.90. The van der Waals surface area contributed by atoms with Crippen molar-refractivity contribution in [1.82, 2.24) is 10.4 Å². The molecule has 1 amide bonds. The number of benzene rings is 1. The smallest absolute Gasteiger partial charge is 0.255 e. The zero-order chi connectivity index (χ0) is 13.9. The van der Waals surface area contributed by atoms with Gasteiger partial charge in [0.2, 0.25) is 0 Å². The van der Waals surface area contributed by atoms with E-state index in [-0.39, 0.29) is 5.91 Å². The lowest BCUT2D eigenvalue weighted by Crippen LogP contribution is -2.42. The molecule has 0 saturated carbocycles. The predicted octanol–water partition coefficient (Wildman–Crippen LogP) is 0.905. The summed E-state index contributed by atoms with van der Waals surface area (Å²) in [5, 5.41) is 1.57. The monoisotopic (exact) mass is 251 g/mol. The summed E-state index contributed by atoms with van der Waals surface area (Å²) in [7, 11) is 5.06. The van der Waals surface area contributed by atoms with Gasteiger partial charge in [0, 0.05) is 19.7 Å². The van der Waals surface area contributed by atoms with Crippen molar-refractivity contribution in [2.24, 2.45) is 5.73 Å². The summed E-state index contributed by atoms with van der Waals surface area (Å²) >= 11 is 0. The van der Waals surface area contributed by atoms with E-state index in [9.17, 15) is 4.79 Å². The second kappa shape index (κ2) is 5.84. The molecule has 0 heterocycles. The van der Waals surface area contributed by atoms with Gasteiger partial charge < -0.3 is 10.5 Å². The summed E-state index contributed by atoms with van der Waals surface area (Å²) in [5.74, 6) is 0.388. The highest BCUT2D eigenvalue weighted by Crippen LogP contribution is 2.29. The maximum absolute atomic E-state index is 11.9. The van der Waals surface area contributed by atoms with E-state index < -0.39 is 6.04 Å². The molecule has 0 aliphatic rings. The van der Waals surface area contributed by atoms with Crippen LogP contribution in [0.1, 0.15) is 22.7 Å². The Labute approximate surface area is 108 Å². The van der Waals surface area contributed by atoms with Crippen LogP contribution in [0, 0.1) is 13.8 Å². The topological polar surface area (TPSA) is 67.6 Å². The lowest BCUT2D eigenvalue weighted by atomic mass is 9.98. The van der Waals surface area contributed by atoms with E-state index in [1.54, 1.807) is 26.2 Å². The van der Waals surface area contributed by atoms with Gasteiger partial charge in [0.05, 0.1) is 7.11 Å². The van der Waals surface area contributed by atoms with Crippen molar-refractivity contribution in [1.29, 1.82) is 0 Å². The number of hydrogen-bond acceptors (Lipinski definition) is 4. The van der Waals surface area contributed by atoms with Gasteiger partial charge in [-0.3, -0.25) is 10.2 Å². The molecule has 1 unspecified atom stereocenters. The molecular formula is C13H21N3O2. The largest absolute Gasteiger partial charge is 0.496 e. The Morgan fingerprint density at radius 3 is 2.50 bits per heavy atom. The van der Waals surface area contributed by atoms with E-state index in [1.807, 2.05) is 26.0 Å². The third kappa shape index (κ3) is 3.21. The van der Waals surface area contributed by atoms with Gasteiger partial charge in [0.15, 0.2) is 0 Å². The van der Waals surface area contributed by atoms with Crippen molar-refractivity contribution in [2.45, 2.75) is 19.9 Å². The molecule has 3 N–H and O–H groups in total. The molecule has 0 aliphatic carbocycles. The fourth-order valence-electron chi connectivity index (χ4n) is 1.93. The second-order valence-electron chi connectivity index (χ2n) is 4.55. The van der Waals surface area contributed by atoms with Crippen molar-refractivity contribution >= 4 is 5.91 Å². The summed E-state index contributed by atoms with van der Waals surface area (Å²) in [4.78, 5) is 11.9. The van der Waals surface area contributed by atoms with Gasteiger partial charge in [0.1, 0.15) is 11.8 Å². The van der Waals surface area contributed by atoms with Crippen LogP contribution < -0.4 is 15.9 Å². The molecule has 0 aromatic heterocycles. The Hall–Kier alpha value is -1.59. The predicted molar refractivity (Wildman–Crippen MR) is 71.2 cm³/mol. The molecule has 0 aliphatic heterocycles. The maximum atomic E-state index is 11.9. The minimum Gasteiger partial charge on any atom is -0.496 e. The number of carbonyl (C=O) groups excluding carboxylic acids is 1. The minimum atomic E-state index is -0.747. The highest BCUT2D eigenvalue weighted by atomic mass is 16.5. The van der Waals surface area contributed by atoms with Crippen molar-refractivity contribution < 1.29 is 9.53 Å². The molecule has 1 rings (SSSR count). The minimum absolute atomic E-state index is 0.259. The first kappa shape index (κ1) is 14.5. The number of amides is 1. The van der Waals surface area contributed by atoms with E-state index in [0.717, 1.165) is 16.7 Å². The van der Waals surface area contributed by atoms with Crippen molar-refractivity contribution in [3.63, 3.8) is 0 Å². The molecule has 0 bridgehead atoms. The molecule has 18 heavy (non-hydrogen) atoms. The van der Waals surface area contributed by atoms with E-state index in [2.05, 4.69) is 5.43 Å². The average molecular weight is 251 g/mol. The van der Waals surface area contributed by atoms with Crippen LogP contribution in [0.3, 0.4) is 0 Å². The first-order valence-electron chi connectivity index (χ1n) is 5.75. The van der Waals surface area contributed by atoms with Crippen LogP contribution in [0.15, 0.2) is 12.1 Å². The Kier molecular flexibility index (Phi) is 4.69. The van der Waals surface area contributed by atoms with Crippen LogP contribution in [0.4, 0.5) is 0 Å². The van der Waals surface area contributed by atoms with E-state index in [1.165, 1.54) is 0 Å². The van der Waals surface area contributed by atoms with E-state index in [4.69, 9.17) is 10.5 Å². The van der Waals surface area contributed by atoms with Crippen LogP contribution in [-0.2, 0) is 4.79 Å². The lowest BCUT2D eigenvalue weighted by molar-refractivity contribution is -0.126. The summed E-state index contributed by atoms with van der Waals surface area (Å²) in [5.41, 5.74) is 11.4. The molecule has 0 fully saturated rings. The lowest BCUT2D eigenvalue weighted by Gasteiger charge is -2.20. The number of nitrogens with one attached hydrogen (secondary N) is 1. The van der Waals surface area contributed by atoms with Crippen molar-refractivity contribution in [3.05, 3.63) is 28.8 Å². The molecule has 0 saturated heterocycles. The van der Waals surface area contributed by atoms with Gasteiger partial charge in [-0.15, -0.1) is 0 Å². The Morgan fingerprint density at radius 1 is 1.39 bits per heavy atom. The van der Waals surface area contributed by atoms with Crippen LogP contribution in [0.2, 0.25) is 0 Å². The second-order valence-corrected chi connectivity index (χ2v) is 4.55. The van der Waals surface area contributed by atoms with Crippen LogP contribution in [0.5, 0.6) is 5.75 Å². The van der Waals surface area contributed by atoms with Crippen LogP contribution in [-0.4, -0.2) is 32.1 Å². The van der Waals surface area contributed by atoms with Gasteiger partial charge in [-0.1, -0.05) is 6.07 Å². The Bertz CT molecular complexity index is 444. The first-order valence-corrected chi connectivity index (χ1v) is 5.75. The number of ether oxygens (including phenoxy) is 1. The third-order valence-electron chi connectivity index (χ3n) is 2.64. The third-order valence-corrected chi connectivity index (χ3v) is 2.64. The van der Waals surface area contributed by atoms with Gasteiger partial charge in [-0.05, 0) is 31.0 Å². The number of methoxy groups -OCH3 is 1. The number of nitrogens with two attached hydrogens (primary N) is 1. The summed E-state index contributed by atoms with van der Waals surface area (Å²) < 4.78 is 5.31. The maximum Gasteiger partial charge on any atom is 0.255 e. The van der Waals surface area contributed by atoms with Crippen molar-refractivity contribution in [3.8, 4) is 5.75 Å².